The highest BCUT2D eigenvalue weighted by Crippen LogP contribution is 2.35. The average molecular weight is 366 g/mol. The molecule has 0 radical (unpaired) electrons. The van der Waals surface area contributed by atoms with Crippen molar-refractivity contribution in [1.29, 1.82) is 5.26 Å². The molecule has 0 unspecified atom stereocenters. The van der Waals surface area contributed by atoms with Crippen LogP contribution < -0.4 is 0 Å². The Morgan fingerprint density at radius 3 is 2.36 bits per heavy atom. The van der Waals surface area contributed by atoms with E-state index in [4.69, 9.17) is 16.9 Å². The van der Waals surface area contributed by atoms with Gasteiger partial charge in [0.1, 0.15) is 5.40 Å². The second-order valence-corrected chi connectivity index (χ2v) is 7.93. The fraction of sp³-hybridized carbons (Fsp3) is 0.318. The molecule has 2 aromatic carbocycles. The molecule has 25 heavy (non-hydrogen) atoms. The Labute approximate surface area is 159 Å². The second-order valence-electron chi connectivity index (χ2n) is 6.66. The lowest BCUT2D eigenvalue weighted by Crippen LogP contribution is -2.10. The molecule has 0 bridgehead atoms. The smallest absolute Gasteiger partial charge is 0.138 e. The molecule has 0 atom stereocenters. The maximum Gasteiger partial charge on any atom is 0.138 e. The van der Waals surface area contributed by atoms with Crippen molar-refractivity contribution >= 4 is 23.4 Å². The Balaban J connectivity index is 1.70. The van der Waals surface area contributed by atoms with Crippen LogP contribution in [0, 0.1) is 28.4 Å². The van der Waals surface area contributed by atoms with Crippen LogP contribution in [0.15, 0.2) is 47.4 Å². The fourth-order valence-electron chi connectivity index (χ4n) is 3.28. The largest absolute Gasteiger partial charge is 0.185 e. The average Bonchev–Trinajstić information content (AvgIpc) is 2.62. The van der Waals surface area contributed by atoms with Crippen molar-refractivity contribution in [2.45, 2.75) is 43.4 Å². The first-order chi connectivity index (χ1) is 12.2. The Bertz CT molecular complexity index is 831. The van der Waals surface area contributed by atoms with Crippen molar-refractivity contribution in [3.63, 3.8) is 0 Å². The van der Waals surface area contributed by atoms with Crippen molar-refractivity contribution in [2.24, 2.45) is 5.92 Å². The zero-order valence-electron chi connectivity index (χ0n) is 14.3. The number of hydrogen-bond donors (Lipinski definition) is 0. The quantitative estimate of drug-likeness (QED) is 0.339. The molecule has 0 amide bonds. The Hall–Kier alpha value is -1.87. The predicted molar refractivity (Wildman–Crippen MR) is 106 cm³/mol. The first kappa shape index (κ1) is 17.9. The minimum Gasteiger partial charge on any atom is -0.185 e. The summed E-state index contributed by atoms with van der Waals surface area (Å²) in [4.78, 5) is 0.837. The molecular formula is C22H20ClNS. The molecule has 0 aromatic heterocycles. The molecular weight excluding hydrogens is 346 g/mol. The number of thiocyanates is 1. The molecule has 0 saturated heterocycles. The van der Waals surface area contributed by atoms with E-state index in [0.717, 1.165) is 33.7 Å². The third-order valence-corrected chi connectivity index (χ3v) is 5.74. The highest BCUT2D eigenvalue weighted by atomic mass is 35.5. The normalized spacial score (nSPS) is 19.6. The van der Waals surface area contributed by atoms with Crippen LogP contribution in [0.2, 0.25) is 5.02 Å². The monoisotopic (exact) mass is 365 g/mol. The summed E-state index contributed by atoms with van der Waals surface area (Å²) in [6.45, 7) is 2.35. The van der Waals surface area contributed by atoms with Gasteiger partial charge < -0.3 is 0 Å². The summed E-state index contributed by atoms with van der Waals surface area (Å²) in [5, 5.41) is 11.3. The zero-order chi connectivity index (χ0) is 17.6. The van der Waals surface area contributed by atoms with E-state index >= 15 is 0 Å². The van der Waals surface area contributed by atoms with Crippen molar-refractivity contribution in [2.75, 3.05) is 0 Å². The first-order valence-corrected chi connectivity index (χ1v) is 9.82. The van der Waals surface area contributed by atoms with Crippen LogP contribution in [0.4, 0.5) is 0 Å². The molecule has 1 nitrogen and oxygen atoms in total. The summed E-state index contributed by atoms with van der Waals surface area (Å²) in [7, 11) is 0. The predicted octanol–water partition coefficient (Wildman–Crippen LogP) is 6.61. The van der Waals surface area contributed by atoms with Gasteiger partial charge in [0.15, 0.2) is 0 Å². The van der Waals surface area contributed by atoms with Crippen LogP contribution in [0.3, 0.4) is 0 Å². The third-order valence-electron chi connectivity index (χ3n) is 4.84. The minimum atomic E-state index is 0.584. The summed E-state index contributed by atoms with van der Waals surface area (Å²) in [6, 6.07) is 14.2. The lowest BCUT2D eigenvalue weighted by Gasteiger charge is -2.26. The zero-order valence-corrected chi connectivity index (χ0v) is 15.8. The van der Waals surface area contributed by atoms with Crippen LogP contribution in [0.1, 0.15) is 55.2 Å². The van der Waals surface area contributed by atoms with Crippen LogP contribution >= 0.6 is 23.4 Å². The molecule has 1 aliphatic rings. The van der Waals surface area contributed by atoms with Gasteiger partial charge in [-0.15, -0.1) is 0 Å². The molecule has 3 heteroatoms. The number of benzene rings is 2. The van der Waals surface area contributed by atoms with Gasteiger partial charge >= 0.3 is 0 Å². The molecule has 0 heterocycles. The van der Waals surface area contributed by atoms with Crippen molar-refractivity contribution in [3.8, 4) is 17.2 Å². The highest BCUT2D eigenvalue weighted by molar-refractivity contribution is 8.03. The number of nitrogens with zero attached hydrogens (tertiary/aromatic N) is 1. The Morgan fingerprint density at radius 1 is 1.00 bits per heavy atom. The molecule has 0 aliphatic heterocycles. The minimum absolute atomic E-state index is 0.584. The molecule has 2 aromatic rings. The molecule has 126 valence electrons. The second kappa shape index (κ2) is 8.48. The molecule has 0 spiro atoms. The van der Waals surface area contributed by atoms with Crippen molar-refractivity contribution in [3.05, 3.63) is 64.2 Å². The topological polar surface area (TPSA) is 23.8 Å². The maximum absolute atomic E-state index is 8.70. The standard InChI is InChI=1S/C22H20ClNS/c1-16-2-7-18(8-3-16)19-9-4-17(5-10-19)6-11-20-12-13-21(25-15-24)14-22(20)23/h4-5,9-10,12-14,16,18H,2-3,7-8H2,1H3. The summed E-state index contributed by atoms with van der Waals surface area (Å²) in [5.41, 5.74) is 3.22. The van der Waals surface area contributed by atoms with Gasteiger partial charge in [-0.3, -0.25) is 0 Å². The fourth-order valence-corrected chi connectivity index (χ4v) is 4.00. The van der Waals surface area contributed by atoms with Gasteiger partial charge in [-0.25, -0.2) is 0 Å². The van der Waals surface area contributed by atoms with E-state index in [2.05, 4.69) is 43.0 Å². The van der Waals surface area contributed by atoms with Gasteiger partial charge in [-0.05, 0) is 72.3 Å². The van der Waals surface area contributed by atoms with Crippen molar-refractivity contribution in [1.82, 2.24) is 0 Å². The molecule has 1 aliphatic carbocycles. The van der Waals surface area contributed by atoms with Crippen LogP contribution in [-0.4, -0.2) is 0 Å². The van der Waals surface area contributed by atoms with Gasteiger partial charge in [0.25, 0.3) is 0 Å². The molecule has 3 rings (SSSR count). The Kier molecular flexibility index (Phi) is 6.09. The molecule has 0 N–H and O–H groups in total. The van der Waals surface area contributed by atoms with E-state index in [1.807, 2.05) is 17.5 Å². The number of hydrogen-bond acceptors (Lipinski definition) is 2. The van der Waals surface area contributed by atoms with Crippen molar-refractivity contribution < 1.29 is 0 Å². The van der Waals surface area contributed by atoms with E-state index in [-0.39, 0.29) is 0 Å². The first-order valence-electron chi connectivity index (χ1n) is 8.63. The van der Waals surface area contributed by atoms with Gasteiger partial charge in [0, 0.05) is 16.0 Å². The highest BCUT2D eigenvalue weighted by Gasteiger charge is 2.19. The molecule has 1 saturated carbocycles. The number of nitriles is 1. The number of halogens is 1. The van der Waals surface area contributed by atoms with Gasteiger partial charge in [-0.2, -0.15) is 5.26 Å². The van der Waals surface area contributed by atoms with Crippen LogP contribution in [0.25, 0.3) is 0 Å². The SMILES string of the molecule is CC1CCC(c2ccc(C#Cc3ccc(SC#N)cc3Cl)cc2)CC1. The van der Waals surface area contributed by atoms with E-state index in [1.165, 1.54) is 31.2 Å². The van der Waals surface area contributed by atoms with E-state index < -0.39 is 0 Å². The summed E-state index contributed by atoms with van der Waals surface area (Å²) >= 11 is 7.35. The lowest BCUT2D eigenvalue weighted by molar-refractivity contribution is 0.348. The lowest BCUT2D eigenvalue weighted by atomic mass is 9.79. The number of rotatable bonds is 2. The van der Waals surface area contributed by atoms with Gasteiger partial charge in [0.2, 0.25) is 0 Å². The summed E-state index contributed by atoms with van der Waals surface area (Å²) in [5.74, 6) is 7.90. The van der Waals surface area contributed by atoms with E-state index in [0.29, 0.717) is 10.9 Å². The molecule has 1 fully saturated rings. The third kappa shape index (κ3) is 4.82. The number of thioether (sulfide) groups is 1. The van der Waals surface area contributed by atoms with E-state index in [1.54, 1.807) is 6.07 Å². The Morgan fingerprint density at radius 2 is 1.72 bits per heavy atom. The summed E-state index contributed by atoms with van der Waals surface area (Å²) < 4.78 is 0. The maximum atomic E-state index is 8.70. The van der Waals surface area contributed by atoms with Gasteiger partial charge in [-0.1, -0.05) is 55.3 Å². The van der Waals surface area contributed by atoms with Crippen LogP contribution in [0.5, 0.6) is 0 Å². The van der Waals surface area contributed by atoms with Crippen LogP contribution in [-0.2, 0) is 0 Å². The van der Waals surface area contributed by atoms with E-state index in [9.17, 15) is 0 Å². The summed E-state index contributed by atoms with van der Waals surface area (Å²) in [6.07, 6.45) is 5.28. The van der Waals surface area contributed by atoms with Gasteiger partial charge in [0.05, 0.1) is 5.02 Å².